The first-order valence-electron chi connectivity index (χ1n) is 10.6. The highest BCUT2D eigenvalue weighted by Crippen LogP contribution is 2.13. The number of furan rings is 1. The van der Waals surface area contributed by atoms with Crippen molar-refractivity contribution in [1.82, 2.24) is 14.5 Å². The molecular formula is C25H25N3O4. The van der Waals surface area contributed by atoms with E-state index in [-0.39, 0.29) is 18.5 Å². The highest BCUT2D eigenvalue weighted by atomic mass is 16.3. The van der Waals surface area contributed by atoms with Crippen LogP contribution in [0.5, 0.6) is 0 Å². The molecule has 0 fully saturated rings. The number of carbonyl (C=O) groups is 1. The van der Waals surface area contributed by atoms with Gasteiger partial charge in [-0.1, -0.05) is 24.3 Å². The van der Waals surface area contributed by atoms with Gasteiger partial charge in [0.2, 0.25) is 0 Å². The second-order valence-electron chi connectivity index (χ2n) is 7.78. The standard InChI is InChI=1S/C25H25N3O4/c1-3-27-21-8-4-5-9-22(21)28(25(31)24(27)30)16-18-10-12-19(13-11-18)23(29)26-17(2)15-20-7-6-14-32-20/h4-14,17H,3,15-16H2,1-2H3,(H,26,29)/t17-/m0/s1. The average Bonchev–Trinajstić information content (AvgIpc) is 3.30. The molecule has 1 N–H and O–H groups in total. The first-order valence-corrected chi connectivity index (χ1v) is 10.6. The first-order chi connectivity index (χ1) is 15.5. The maximum atomic E-state index is 12.8. The van der Waals surface area contributed by atoms with Crippen molar-refractivity contribution in [3.63, 3.8) is 0 Å². The zero-order chi connectivity index (χ0) is 22.7. The Morgan fingerprint density at radius 2 is 1.59 bits per heavy atom. The number of benzene rings is 2. The Kier molecular flexibility index (Phi) is 6.07. The summed E-state index contributed by atoms with van der Waals surface area (Å²) in [5, 5.41) is 2.96. The number of nitrogens with zero attached hydrogens (tertiary/aromatic N) is 2. The molecule has 1 amide bonds. The zero-order valence-corrected chi connectivity index (χ0v) is 18.1. The van der Waals surface area contributed by atoms with E-state index < -0.39 is 11.1 Å². The predicted molar refractivity (Wildman–Crippen MR) is 123 cm³/mol. The third kappa shape index (κ3) is 4.27. The molecule has 2 heterocycles. The second kappa shape index (κ2) is 9.09. The monoisotopic (exact) mass is 431 g/mol. The number of hydrogen-bond donors (Lipinski definition) is 1. The lowest BCUT2D eigenvalue weighted by atomic mass is 10.1. The van der Waals surface area contributed by atoms with Crippen molar-refractivity contribution in [1.29, 1.82) is 0 Å². The van der Waals surface area contributed by atoms with E-state index in [1.54, 1.807) is 30.5 Å². The zero-order valence-electron chi connectivity index (χ0n) is 18.1. The van der Waals surface area contributed by atoms with Crippen LogP contribution in [0, 0.1) is 0 Å². The summed E-state index contributed by atoms with van der Waals surface area (Å²) in [6.45, 7) is 4.44. The van der Waals surface area contributed by atoms with Gasteiger partial charge in [0.05, 0.1) is 23.8 Å². The summed E-state index contributed by atoms with van der Waals surface area (Å²) in [5.74, 6) is 0.638. The second-order valence-corrected chi connectivity index (χ2v) is 7.78. The fourth-order valence-electron chi connectivity index (χ4n) is 3.87. The Morgan fingerprint density at radius 3 is 2.22 bits per heavy atom. The number of carbonyl (C=O) groups excluding carboxylic acids is 1. The maximum Gasteiger partial charge on any atom is 0.317 e. The number of fused-ring (bicyclic) bond motifs is 1. The molecule has 4 rings (SSSR count). The van der Waals surface area contributed by atoms with Crippen LogP contribution in [-0.2, 0) is 19.5 Å². The third-order valence-corrected chi connectivity index (χ3v) is 5.47. The van der Waals surface area contributed by atoms with Crippen molar-refractivity contribution in [2.24, 2.45) is 0 Å². The van der Waals surface area contributed by atoms with Gasteiger partial charge in [-0.15, -0.1) is 0 Å². The van der Waals surface area contributed by atoms with E-state index in [1.807, 2.05) is 50.2 Å². The molecule has 4 aromatic rings. The number of para-hydroxylation sites is 2. The van der Waals surface area contributed by atoms with Gasteiger partial charge in [0.1, 0.15) is 5.76 Å². The molecule has 0 unspecified atom stereocenters. The summed E-state index contributed by atoms with van der Waals surface area (Å²) in [5.41, 5.74) is 1.69. The predicted octanol–water partition coefficient (Wildman–Crippen LogP) is 3.19. The number of nitrogens with one attached hydrogen (secondary N) is 1. The normalized spacial score (nSPS) is 12.1. The summed E-state index contributed by atoms with van der Waals surface area (Å²) >= 11 is 0. The van der Waals surface area contributed by atoms with Crippen molar-refractivity contribution in [2.75, 3.05) is 0 Å². The number of rotatable bonds is 7. The molecule has 0 bridgehead atoms. The van der Waals surface area contributed by atoms with Crippen LogP contribution < -0.4 is 16.4 Å². The summed E-state index contributed by atoms with van der Waals surface area (Å²) < 4.78 is 8.31. The van der Waals surface area contributed by atoms with Gasteiger partial charge in [0, 0.05) is 24.6 Å². The Balaban J connectivity index is 1.54. The van der Waals surface area contributed by atoms with Gasteiger partial charge < -0.3 is 14.3 Å². The molecule has 32 heavy (non-hydrogen) atoms. The van der Waals surface area contributed by atoms with Gasteiger partial charge in [0.25, 0.3) is 5.91 Å². The number of hydrogen-bond acceptors (Lipinski definition) is 4. The minimum absolute atomic E-state index is 0.0803. The van der Waals surface area contributed by atoms with Crippen molar-refractivity contribution >= 4 is 16.9 Å². The van der Waals surface area contributed by atoms with Crippen LogP contribution >= 0.6 is 0 Å². The Morgan fingerprint density at radius 1 is 0.938 bits per heavy atom. The largest absolute Gasteiger partial charge is 0.469 e. The van der Waals surface area contributed by atoms with Gasteiger partial charge in [-0.25, -0.2) is 0 Å². The van der Waals surface area contributed by atoms with E-state index in [2.05, 4.69) is 5.32 Å². The van der Waals surface area contributed by atoms with Crippen molar-refractivity contribution < 1.29 is 9.21 Å². The summed E-state index contributed by atoms with van der Waals surface area (Å²) in [7, 11) is 0. The van der Waals surface area contributed by atoms with Crippen LogP contribution in [0.4, 0.5) is 0 Å². The highest BCUT2D eigenvalue weighted by molar-refractivity contribution is 5.94. The number of aromatic nitrogens is 2. The lowest BCUT2D eigenvalue weighted by Crippen LogP contribution is -2.41. The molecule has 0 aliphatic carbocycles. The lowest BCUT2D eigenvalue weighted by Gasteiger charge is -2.15. The Hall–Kier alpha value is -3.87. The van der Waals surface area contributed by atoms with Crippen LogP contribution in [0.2, 0.25) is 0 Å². The average molecular weight is 431 g/mol. The number of aryl methyl sites for hydroxylation is 1. The van der Waals surface area contributed by atoms with Crippen LogP contribution in [0.3, 0.4) is 0 Å². The van der Waals surface area contributed by atoms with Crippen LogP contribution in [0.15, 0.2) is 80.9 Å². The molecule has 0 aliphatic heterocycles. The highest BCUT2D eigenvalue weighted by Gasteiger charge is 2.14. The van der Waals surface area contributed by atoms with E-state index >= 15 is 0 Å². The molecular weight excluding hydrogens is 406 g/mol. The smallest absolute Gasteiger partial charge is 0.317 e. The van der Waals surface area contributed by atoms with Gasteiger partial charge in [-0.05, 0) is 55.8 Å². The molecule has 164 valence electrons. The van der Waals surface area contributed by atoms with Gasteiger partial charge in [-0.3, -0.25) is 19.0 Å². The van der Waals surface area contributed by atoms with E-state index in [4.69, 9.17) is 4.42 Å². The fourth-order valence-corrected chi connectivity index (χ4v) is 3.87. The molecule has 0 spiro atoms. The molecule has 0 saturated heterocycles. The minimum Gasteiger partial charge on any atom is -0.469 e. The van der Waals surface area contributed by atoms with Gasteiger partial charge in [0.15, 0.2) is 0 Å². The van der Waals surface area contributed by atoms with E-state index in [0.29, 0.717) is 24.0 Å². The maximum absolute atomic E-state index is 12.8. The molecule has 0 radical (unpaired) electrons. The van der Waals surface area contributed by atoms with Crippen LogP contribution in [0.1, 0.15) is 35.5 Å². The SMILES string of the molecule is CCn1c(=O)c(=O)n(Cc2ccc(C(=O)N[C@@H](C)Cc3ccco3)cc2)c2ccccc21. The molecule has 0 saturated carbocycles. The molecule has 0 aliphatic rings. The van der Waals surface area contributed by atoms with Crippen molar-refractivity contribution in [3.8, 4) is 0 Å². The Labute approximate surface area is 184 Å². The summed E-state index contributed by atoms with van der Waals surface area (Å²) in [4.78, 5) is 37.9. The summed E-state index contributed by atoms with van der Waals surface area (Å²) in [6, 6.07) is 18.1. The van der Waals surface area contributed by atoms with Gasteiger partial charge in [-0.2, -0.15) is 0 Å². The third-order valence-electron chi connectivity index (χ3n) is 5.47. The minimum atomic E-state index is -0.556. The topological polar surface area (TPSA) is 86.2 Å². The van der Waals surface area contributed by atoms with E-state index in [1.165, 1.54) is 9.13 Å². The molecule has 7 heteroatoms. The lowest BCUT2D eigenvalue weighted by molar-refractivity contribution is 0.0939. The molecule has 2 aromatic heterocycles. The van der Waals surface area contributed by atoms with Gasteiger partial charge >= 0.3 is 11.1 Å². The fraction of sp³-hybridized carbons (Fsp3) is 0.240. The van der Waals surface area contributed by atoms with E-state index in [0.717, 1.165) is 16.8 Å². The molecule has 1 atom stereocenters. The quantitative estimate of drug-likeness (QED) is 0.456. The molecule has 2 aromatic carbocycles. The van der Waals surface area contributed by atoms with Crippen LogP contribution in [-0.4, -0.2) is 21.1 Å². The summed E-state index contributed by atoms with van der Waals surface area (Å²) in [6.07, 6.45) is 2.22. The van der Waals surface area contributed by atoms with Crippen molar-refractivity contribution in [3.05, 3.63) is 105 Å². The molecule has 7 nitrogen and oxygen atoms in total. The van der Waals surface area contributed by atoms with Crippen molar-refractivity contribution in [2.45, 2.75) is 39.4 Å². The Bertz CT molecular complexity index is 1350. The van der Waals surface area contributed by atoms with Crippen LogP contribution in [0.25, 0.3) is 11.0 Å². The number of amides is 1. The first kappa shape index (κ1) is 21.4. The van der Waals surface area contributed by atoms with E-state index in [9.17, 15) is 14.4 Å².